The number of aromatic nitrogens is 2. The number of carboxylic acids is 1. The molecular formula is C14H13F3N2O2. The van der Waals surface area contributed by atoms with E-state index in [0.29, 0.717) is 23.2 Å². The molecule has 2 aromatic rings. The van der Waals surface area contributed by atoms with Crippen molar-refractivity contribution in [3.8, 4) is 11.1 Å². The van der Waals surface area contributed by atoms with Crippen LogP contribution in [-0.2, 0) is 19.6 Å². The average molecular weight is 298 g/mol. The van der Waals surface area contributed by atoms with E-state index < -0.39 is 23.3 Å². The summed E-state index contributed by atoms with van der Waals surface area (Å²) in [6.07, 6.45) is -2.54. The van der Waals surface area contributed by atoms with E-state index in [-0.39, 0.29) is 0 Å². The maximum Gasteiger partial charge on any atom is 0.417 e. The number of aromatic carboxylic acids is 1. The number of carboxylic acid groups (broad SMARTS) is 1. The van der Waals surface area contributed by atoms with Gasteiger partial charge in [-0.25, -0.2) is 4.79 Å². The number of hydrogen-bond acceptors (Lipinski definition) is 2. The standard InChI is InChI=1S/C14H13F3N2O2/c1-3-12-10(7-19(2)18-12)8-4-5-9(13(20)21)11(6-8)14(15,16)17/h4-7H,3H2,1-2H3,(H,20,21). The van der Waals surface area contributed by atoms with Gasteiger partial charge in [0.15, 0.2) is 0 Å². The number of nitrogens with zero attached hydrogens (tertiary/aromatic N) is 2. The zero-order valence-corrected chi connectivity index (χ0v) is 11.4. The molecule has 0 spiro atoms. The van der Waals surface area contributed by atoms with Crippen LogP contribution in [0.15, 0.2) is 24.4 Å². The molecule has 0 fully saturated rings. The van der Waals surface area contributed by atoms with Crippen molar-refractivity contribution >= 4 is 5.97 Å². The topological polar surface area (TPSA) is 55.1 Å². The molecular weight excluding hydrogens is 285 g/mol. The molecule has 0 aliphatic carbocycles. The first-order chi connectivity index (χ1) is 9.74. The first-order valence-corrected chi connectivity index (χ1v) is 6.21. The molecule has 1 aromatic carbocycles. The molecule has 0 aliphatic rings. The lowest BCUT2D eigenvalue weighted by molar-refractivity contribution is -0.138. The van der Waals surface area contributed by atoms with Crippen LogP contribution in [0.2, 0.25) is 0 Å². The Morgan fingerprint density at radius 1 is 1.38 bits per heavy atom. The van der Waals surface area contributed by atoms with Crippen molar-refractivity contribution in [2.75, 3.05) is 0 Å². The van der Waals surface area contributed by atoms with Crippen molar-refractivity contribution in [1.29, 1.82) is 0 Å². The van der Waals surface area contributed by atoms with Crippen molar-refractivity contribution in [3.05, 3.63) is 41.2 Å². The van der Waals surface area contributed by atoms with Gasteiger partial charge in [-0.05, 0) is 24.1 Å². The van der Waals surface area contributed by atoms with Gasteiger partial charge in [-0.1, -0.05) is 13.0 Å². The predicted molar refractivity (Wildman–Crippen MR) is 70.0 cm³/mol. The molecule has 2 rings (SSSR count). The van der Waals surface area contributed by atoms with Crippen LogP contribution >= 0.6 is 0 Å². The smallest absolute Gasteiger partial charge is 0.417 e. The van der Waals surface area contributed by atoms with Crippen LogP contribution in [0.5, 0.6) is 0 Å². The lowest BCUT2D eigenvalue weighted by Crippen LogP contribution is -2.13. The minimum Gasteiger partial charge on any atom is -0.478 e. The number of hydrogen-bond donors (Lipinski definition) is 1. The van der Waals surface area contributed by atoms with E-state index in [1.54, 1.807) is 13.2 Å². The molecule has 7 heteroatoms. The molecule has 1 heterocycles. The quantitative estimate of drug-likeness (QED) is 0.945. The maximum atomic E-state index is 13.0. The van der Waals surface area contributed by atoms with Crippen LogP contribution in [0.25, 0.3) is 11.1 Å². The fourth-order valence-electron chi connectivity index (χ4n) is 2.17. The molecule has 0 aliphatic heterocycles. The van der Waals surface area contributed by atoms with Crippen LogP contribution < -0.4 is 0 Å². The van der Waals surface area contributed by atoms with Gasteiger partial charge < -0.3 is 5.11 Å². The van der Waals surface area contributed by atoms with Gasteiger partial charge in [-0.3, -0.25) is 4.68 Å². The Bertz CT molecular complexity index is 690. The zero-order valence-electron chi connectivity index (χ0n) is 11.4. The number of rotatable bonds is 3. The molecule has 0 bridgehead atoms. The van der Waals surface area contributed by atoms with Crippen LogP contribution in [0.1, 0.15) is 28.5 Å². The van der Waals surface area contributed by atoms with Crippen LogP contribution in [0.3, 0.4) is 0 Å². The first-order valence-electron chi connectivity index (χ1n) is 6.21. The van der Waals surface area contributed by atoms with Gasteiger partial charge in [-0.15, -0.1) is 0 Å². The van der Waals surface area contributed by atoms with Crippen molar-refractivity contribution in [2.45, 2.75) is 19.5 Å². The van der Waals surface area contributed by atoms with Crippen LogP contribution in [0, 0.1) is 0 Å². The van der Waals surface area contributed by atoms with Gasteiger partial charge in [0.2, 0.25) is 0 Å². The fourth-order valence-corrected chi connectivity index (χ4v) is 2.17. The third kappa shape index (κ3) is 2.91. The minimum atomic E-state index is -4.72. The van der Waals surface area contributed by atoms with Gasteiger partial charge in [0.1, 0.15) is 0 Å². The Morgan fingerprint density at radius 2 is 2.05 bits per heavy atom. The van der Waals surface area contributed by atoms with Gasteiger partial charge in [0, 0.05) is 18.8 Å². The Labute approximate surface area is 118 Å². The zero-order chi connectivity index (χ0) is 15.8. The Balaban J connectivity index is 2.64. The molecule has 0 saturated heterocycles. The SMILES string of the molecule is CCc1nn(C)cc1-c1ccc(C(=O)O)c(C(F)(F)F)c1. The number of halogens is 3. The van der Waals surface area contributed by atoms with E-state index in [2.05, 4.69) is 5.10 Å². The highest BCUT2D eigenvalue weighted by atomic mass is 19.4. The van der Waals surface area contributed by atoms with Crippen LogP contribution in [-0.4, -0.2) is 20.9 Å². The molecule has 1 N–H and O–H groups in total. The Morgan fingerprint density at radius 3 is 2.57 bits per heavy atom. The van der Waals surface area contributed by atoms with E-state index in [4.69, 9.17) is 5.11 Å². The number of benzene rings is 1. The third-order valence-corrected chi connectivity index (χ3v) is 3.11. The minimum absolute atomic E-state index is 0.303. The van der Waals surface area contributed by atoms with Crippen molar-refractivity contribution in [1.82, 2.24) is 9.78 Å². The van der Waals surface area contributed by atoms with Gasteiger partial charge >= 0.3 is 12.1 Å². The fraction of sp³-hybridized carbons (Fsp3) is 0.286. The molecule has 1 aromatic heterocycles. The van der Waals surface area contributed by atoms with Crippen molar-refractivity contribution < 1.29 is 23.1 Å². The molecule has 0 saturated carbocycles. The molecule has 0 unspecified atom stereocenters. The van der Waals surface area contributed by atoms with Gasteiger partial charge in [0.05, 0.1) is 16.8 Å². The Hall–Kier alpha value is -2.31. The second-order valence-corrected chi connectivity index (χ2v) is 4.58. The van der Waals surface area contributed by atoms with E-state index >= 15 is 0 Å². The second kappa shape index (κ2) is 5.23. The predicted octanol–water partition coefficient (Wildman–Crippen LogP) is 3.37. The number of carbonyl (C=O) groups is 1. The Kier molecular flexibility index (Phi) is 3.76. The molecule has 112 valence electrons. The first kappa shape index (κ1) is 15.1. The summed E-state index contributed by atoms with van der Waals surface area (Å²) in [6, 6.07) is 3.21. The van der Waals surface area contributed by atoms with Gasteiger partial charge in [-0.2, -0.15) is 18.3 Å². The second-order valence-electron chi connectivity index (χ2n) is 4.58. The highest BCUT2D eigenvalue weighted by Gasteiger charge is 2.35. The van der Waals surface area contributed by atoms with E-state index in [9.17, 15) is 18.0 Å². The highest BCUT2D eigenvalue weighted by Crippen LogP contribution is 2.35. The molecule has 0 radical (unpaired) electrons. The summed E-state index contributed by atoms with van der Waals surface area (Å²) in [7, 11) is 1.68. The highest BCUT2D eigenvalue weighted by molar-refractivity contribution is 5.90. The normalized spacial score (nSPS) is 11.7. The summed E-state index contributed by atoms with van der Waals surface area (Å²) < 4.78 is 40.5. The van der Waals surface area contributed by atoms with Crippen molar-refractivity contribution in [2.24, 2.45) is 7.05 Å². The molecule has 0 amide bonds. The monoisotopic (exact) mass is 298 g/mol. The van der Waals surface area contributed by atoms with E-state index in [1.165, 1.54) is 10.7 Å². The average Bonchev–Trinajstić information content (AvgIpc) is 2.78. The summed E-state index contributed by atoms with van der Waals surface area (Å²) in [4.78, 5) is 10.9. The third-order valence-electron chi connectivity index (χ3n) is 3.11. The molecule has 0 atom stereocenters. The lowest BCUT2D eigenvalue weighted by atomic mass is 9.98. The summed E-state index contributed by atoms with van der Waals surface area (Å²) >= 11 is 0. The number of alkyl halides is 3. The van der Waals surface area contributed by atoms with E-state index in [1.807, 2.05) is 6.92 Å². The van der Waals surface area contributed by atoms with Crippen LogP contribution in [0.4, 0.5) is 13.2 Å². The van der Waals surface area contributed by atoms with E-state index in [0.717, 1.165) is 12.1 Å². The van der Waals surface area contributed by atoms with Crippen molar-refractivity contribution in [3.63, 3.8) is 0 Å². The molecule has 4 nitrogen and oxygen atoms in total. The maximum absolute atomic E-state index is 13.0. The largest absolute Gasteiger partial charge is 0.478 e. The summed E-state index contributed by atoms with van der Waals surface area (Å²) in [5, 5.41) is 13.1. The summed E-state index contributed by atoms with van der Waals surface area (Å²) in [5.74, 6) is -1.60. The summed E-state index contributed by atoms with van der Waals surface area (Å²) in [5.41, 5.74) is -0.375. The lowest BCUT2D eigenvalue weighted by Gasteiger charge is -2.12. The summed E-state index contributed by atoms with van der Waals surface area (Å²) in [6.45, 7) is 1.85. The number of aryl methyl sites for hydroxylation is 2. The molecule has 21 heavy (non-hydrogen) atoms. The van der Waals surface area contributed by atoms with Gasteiger partial charge in [0.25, 0.3) is 0 Å².